The summed E-state index contributed by atoms with van der Waals surface area (Å²) in [5, 5.41) is 0. The van der Waals surface area contributed by atoms with E-state index in [2.05, 4.69) is 0 Å². The Balaban J connectivity index is -0.000000239. The van der Waals surface area contributed by atoms with Crippen molar-refractivity contribution in [2.24, 2.45) is 0 Å². The van der Waals surface area contributed by atoms with Crippen LogP contribution >= 0.6 is 0 Å². The maximum absolute atomic E-state index is 10.8. The van der Waals surface area contributed by atoms with Crippen LogP contribution < -0.4 is 0 Å². The van der Waals surface area contributed by atoms with Crippen LogP contribution in [0.1, 0.15) is 6.42 Å². The molecule has 0 bridgehead atoms. The van der Waals surface area contributed by atoms with Gasteiger partial charge in [0.25, 0.3) is 6.08 Å². The molecule has 0 aliphatic rings. The first-order valence-electron chi connectivity index (χ1n) is 3.74. The third kappa shape index (κ3) is 38.3. The number of rotatable bonds is 0. The van der Waals surface area contributed by atoms with Crippen LogP contribution in [0.2, 0.25) is 0 Å². The molecule has 0 aliphatic carbocycles. The summed E-state index contributed by atoms with van der Waals surface area (Å²) in [6.45, 7) is 0. The Morgan fingerprint density at radius 1 is 0.737 bits per heavy atom. The summed E-state index contributed by atoms with van der Waals surface area (Å²) >= 11 is 0. The van der Waals surface area contributed by atoms with Crippen LogP contribution in [0.5, 0.6) is 0 Å². The number of halogens is 12. The average molecular weight is 318 g/mol. The van der Waals surface area contributed by atoms with Crippen molar-refractivity contribution in [3.8, 4) is 0 Å². The molecular formula is C7H6F12. The van der Waals surface area contributed by atoms with Crippen molar-refractivity contribution in [2.45, 2.75) is 24.9 Å². The van der Waals surface area contributed by atoms with Gasteiger partial charge in [0.05, 0.1) is 13.3 Å². The van der Waals surface area contributed by atoms with Crippen LogP contribution in [-0.2, 0) is 0 Å². The van der Waals surface area contributed by atoms with E-state index >= 15 is 0 Å². The van der Waals surface area contributed by atoms with Gasteiger partial charge in [-0.3, -0.25) is 4.39 Å². The van der Waals surface area contributed by atoms with Crippen LogP contribution in [0.15, 0.2) is 12.2 Å². The van der Waals surface area contributed by atoms with Crippen LogP contribution in [0.4, 0.5) is 52.7 Å². The summed E-state index contributed by atoms with van der Waals surface area (Å²) in [6.07, 6.45) is -21.7. The Kier molecular flexibility index (Phi) is 10.8. The predicted octanol–water partition coefficient (Wildman–Crippen LogP) is 5.42. The Bertz CT molecular complexity index is 224. The van der Waals surface area contributed by atoms with Gasteiger partial charge in [0.15, 0.2) is 0 Å². The van der Waals surface area contributed by atoms with Gasteiger partial charge in [0.2, 0.25) is 0 Å². The molecule has 0 radical (unpaired) electrons. The predicted molar refractivity (Wildman–Crippen MR) is 40.1 cm³/mol. The van der Waals surface area contributed by atoms with E-state index in [0.717, 1.165) is 0 Å². The normalized spacial score (nSPS) is 11.6. The second-order valence-electron chi connectivity index (χ2n) is 2.38. The first-order chi connectivity index (χ1) is 8.12. The Morgan fingerprint density at radius 3 is 1.00 bits per heavy atom. The fourth-order valence-corrected chi connectivity index (χ4v) is 0.351. The molecule has 0 nitrogen and oxygen atoms in total. The zero-order valence-corrected chi connectivity index (χ0v) is 8.82. The SMILES string of the molecule is CF.FC(F)(F)CC(F)(F)F.FC(F)=CC(F)(F)F. The quantitative estimate of drug-likeness (QED) is 0.524. The summed E-state index contributed by atoms with van der Waals surface area (Å²) < 4.78 is 128. The molecule has 0 spiro atoms. The molecule has 0 saturated heterocycles. The lowest BCUT2D eigenvalue weighted by Crippen LogP contribution is -2.20. The molecule has 0 rings (SSSR count). The van der Waals surface area contributed by atoms with Gasteiger partial charge in [-0.25, -0.2) is 0 Å². The molecule has 0 unspecified atom stereocenters. The summed E-state index contributed by atoms with van der Waals surface area (Å²) in [5.41, 5.74) is 0. The van der Waals surface area contributed by atoms with Crippen LogP contribution in [0.3, 0.4) is 0 Å². The smallest absolute Gasteiger partial charge is 0.255 e. The van der Waals surface area contributed by atoms with E-state index in [4.69, 9.17) is 0 Å². The topological polar surface area (TPSA) is 0 Å². The van der Waals surface area contributed by atoms with Gasteiger partial charge >= 0.3 is 18.5 Å². The number of hydrogen-bond acceptors (Lipinski definition) is 0. The van der Waals surface area contributed by atoms with Gasteiger partial charge < -0.3 is 0 Å². The number of alkyl halides is 10. The zero-order valence-electron chi connectivity index (χ0n) is 8.82. The lowest BCUT2D eigenvalue weighted by atomic mass is 10.4. The Hall–Kier alpha value is -1.10. The van der Waals surface area contributed by atoms with E-state index in [9.17, 15) is 52.7 Å². The molecule has 118 valence electrons. The van der Waals surface area contributed by atoms with Crippen molar-refractivity contribution < 1.29 is 52.7 Å². The monoisotopic (exact) mass is 318 g/mol. The van der Waals surface area contributed by atoms with E-state index in [1.54, 1.807) is 0 Å². The highest BCUT2D eigenvalue weighted by Crippen LogP contribution is 2.31. The second kappa shape index (κ2) is 8.91. The van der Waals surface area contributed by atoms with Crippen molar-refractivity contribution in [1.29, 1.82) is 0 Å². The van der Waals surface area contributed by atoms with E-state index in [0.29, 0.717) is 7.18 Å². The average Bonchev–Trinajstić information content (AvgIpc) is 1.95. The van der Waals surface area contributed by atoms with E-state index < -0.39 is 37.1 Å². The highest BCUT2D eigenvalue weighted by molar-refractivity contribution is 4.87. The van der Waals surface area contributed by atoms with E-state index in [1.165, 1.54) is 0 Å². The third-order valence-corrected chi connectivity index (χ3v) is 0.674. The molecule has 0 atom stereocenters. The van der Waals surface area contributed by atoms with Gasteiger partial charge in [0, 0.05) is 0 Å². The largest absolute Gasteiger partial charge is 0.414 e. The second-order valence-corrected chi connectivity index (χ2v) is 2.38. The Labute approximate surface area is 98.2 Å². The van der Waals surface area contributed by atoms with Crippen molar-refractivity contribution >= 4 is 0 Å². The number of allylic oxidation sites excluding steroid dienone is 1. The Morgan fingerprint density at radius 2 is 1.00 bits per heavy atom. The minimum absolute atomic E-state index is 0.500. The molecule has 0 aromatic rings. The lowest BCUT2D eigenvalue weighted by Gasteiger charge is -2.08. The molecule has 0 saturated carbocycles. The molecular weight excluding hydrogens is 312 g/mol. The van der Waals surface area contributed by atoms with Crippen molar-refractivity contribution in [3.05, 3.63) is 12.2 Å². The summed E-state index contributed by atoms with van der Waals surface area (Å²) in [6, 6.07) is 0. The number of hydrogen-bond donors (Lipinski definition) is 0. The molecule has 0 aromatic heterocycles. The van der Waals surface area contributed by atoms with Crippen LogP contribution in [0.25, 0.3) is 0 Å². The maximum Gasteiger partial charge on any atom is 0.414 e. The molecule has 0 N–H and O–H groups in total. The standard InChI is InChI=1S/C3H2F6.C3HF5.CH3F/c4-2(5,6)1-3(7,8)9;4-2(5)1-3(6,7)8;1-2/h1H2;1H;1H3. The van der Waals surface area contributed by atoms with Gasteiger partial charge in [-0.05, 0) is 0 Å². The molecule has 0 aromatic carbocycles. The van der Waals surface area contributed by atoms with Crippen LogP contribution in [-0.4, -0.2) is 25.7 Å². The third-order valence-electron chi connectivity index (χ3n) is 0.674. The van der Waals surface area contributed by atoms with Crippen molar-refractivity contribution in [2.75, 3.05) is 7.18 Å². The molecule has 12 heteroatoms. The molecule has 0 amide bonds. The molecule has 0 heterocycles. The first kappa shape index (κ1) is 23.0. The molecule has 0 fully saturated rings. The lowest BCUT2D eigenvalue weighted by molar-refractivity contribution is -0.232. The maximum atomic E-state index is 10.8. The van der Waals surface area contributed by atoms with Crippen molar-refractivity contribution in [3.63, 3.8) is 0 Å². The van der Waals surface area contributed by atoms with E-state index in [1.807, 2.05) is 0 Å². The van der Waals surface area contributed by atoms with Gasteiger partial charge in [-0.2, -0.15) is 48.3 Å². The summed E-state index contributed by atoms with van der Waals surface area (Å²) in [5.74, 6) is 0. The fraction of sp³-hybridized carbons (Fsp3) is 0.714. The summed E-state index contributed by atoms with van der Waals surface area (Å²) in [7, 11) is 0.500. The minimum Gasteiger partial charge on any atom is -0.255 e. The highest BCUT2D eigenvalue weighted by atomic mass is 19.4. The van der Waals surface area contributed by atoms with Gasteiger partial charge in [-0.1, -0.05) is 0 Å². The van der Waals surface area contributed by atoms with Crippen LogP contribution in [0, 0.1) is 0 Å². The van der Waals surface area contributed by atoms with Crippen molar-refractivity contribution in [1.82, 2.24) is 0 Å². The molecule has 0 aliphatic heterocycles. The fourth-order valence-electron chi connectivity index (χ4n) is 0.351. The zero-order chi connectivity index (χ0) is 16.5. The van der Waals surface area contributed by atoms with Gasteiger partial charge in [0.1, 0.15) is 6.42 Å². The molecule has 19 heavy (non-hydrogen) atoms. The first-order valence-corrected chi connectivity index (χ1v) is 3.74. The van der Waals surface area contributed by atoms with Gasteiger partial charge in [-0.15, -0.1) is 0 Å². The highest BCUT2D eigenvalue weighted by Gasteiger charge is 2.43. The van der Waals surface area contributed by atoms with E-state index in [-0.39, 0.29) is 0 Å². The summed E-state index contributed by atoms with van der Waals surface area (Å²) in [4.78, 5) is 0. The minimum atomic E-state index is -5.14.